The SMILES string of the molecule is C[C@H](Cc1ccc(C=Cc2ccc(C(=O)Oc3ccc(F)cc3)cc2)cc1)c1ccccc1. The third kappa shape index (κ3) is 6.27. The lowest BCUT2D eigenvalue weighted by Crippen LogP contribution is -2.08. The molecular weight excluding hydrogens is 411 g/mol. The second kappa shape index (κ2) is 10.6. The highest BCUT2D eigenvalue weighted by Crippen LogP contribution is 2.21. The minimum Gasteiger partial charge on any atom is -0.423 e. The van der Waals surface area contributed by atoms with Gasteiger partial charge in [-0.3, -0.25) is 0 Å². The van der Waals surface area contributed by atoms with Crippen LogP contribution in [0.3, 0.4) is 0 Å². The number of hydrogen-bond donors (Lipinski definition) is 0. The van der Waals surface area contributed by atoms with E-state index in [9.17, 15) is 9.18 Å². The van der Waals surface area contributed by atoms with Gasteiger partial charge < -0.3 is 4.74 Å². The summed E-state index contributed by atoms with van der Waals surface area (Å²) in [5.41, 5.74) is 5.20. The van der Waals surface area contributed by atoms with Crippen LogP contribution in [0, 0.1) is 5.82 Å². The number of carbonyl (C=O) groups excluding carboxylic acids is 1. The number of benzene rings is 4. The number of carbonyl (C=O) groups is 1. The summed E-state index contributed by atoms with van der Waals surface area (Å²) in [5.74, 6) is -0.0624. The molecule has 0 N–H and O–H groups in total. The van der Waals surface area contributed by atoms with Crippen molar-refractivity contribution in [2.24, 2.45) is 0 Å². The molecule has 0 aliphatic heterocycles. The van der Waals surface area contributed by atoms with Crippen molar-refractivity contribution in [1.29, 1.82) is 0 Å². The second-order valence-electron chi connectivity index (χ2n) is 8.06. The van der Waals surface area contributed by atoms with E-state index >= 15 is 0 Å². The predicted octanol–water partition coefficient (Wildman–Crippen LogP) is 7.56. The van der Waals surface area contributed by atoms with E-state index in [1.54, 1.807) is 12.1 Å². The first kappa shape index (κ1) is 22.2. The zero-order valence-electron chi connectivity index (χ0n) is 18.4. The van der Waals surface area contributed by atoms with Gasteiger partial charge in [0.2, 0.25) is 0 Å². The van der Waals surface area contributed by atoms with Crippen LogP contribution in [0.2, 0.25) is 0 Å². The standard InChI is InChI=1S/C30H25FO2/c1-22(26-5-3-2-4-6-26)21-25-11-9-23(10-12-25)7-8-24-13-15-27(16-14-24)30(32)33-29-19-17-28(31)18-20-29/h2-20,22H,21H2,1H3/t22-/m1/s1. The molecule has 0 heterocycles. The van der Waals surface area contributed by atoms with E-state index < -0.39 is 5.97 Å². The lowest BCUT2D eigenvalue weighted by Gasteiger charge is -2.12. The summed E-state index contributed by atoms with van der Waals surface area (Å²) in [6, 6.07) is 31.7. The predicted molar refractivity (Wildman–Crippen MR) is 132 cm³/mol. The summed E-state index contributed by atoms with van der Waals surface area (Å²) < 4.78 is 18.2. The molecule has 164 valence electrons. The van der Waals surface area contributed by atoms with Crippen LogP contribution < -0.4 is 4.74 Å². The van der Waals surface area contributed by atoms with Gasteiger partial charge >= 0.3 is 5.97 Å². The monoisotopic (exact) mass is 436 g/mol. The first-order valence-corrected chi connectivity index (χ1v) is 11.0. The zero-order chi connectivity index (χ0) is 23.0. The number of rotatable bonds is 7. The fraction of sp³-hybridized carbons (Fsp3) is 0.100. The van der Waals surface area contributed by atoms with E-state index in [1.807, 2.05) is 24.3 Å². The summed E-state index contributed by atoms with van der Waals surface area (Å²) in [4.78, 5) is 12.3. The average molecular weight is 437 g/mol. The van der Waals surface area contributed by atoms with Crippen LogP contribution in [0.15, 0.2) is 103 Å². The van der Waals surface area contributed by atoms with Crippen molar-refractivity contribution in [3.8, 4) is 5.75 Å². The number of esters is 1. The van der Waals surface area contributed by atoms with Crippen LogP contribution in [0.1, 0.15) is 45.5 Å². The van der Waals surface area contributed by atoms with Gasteiger partial charge in [0.1, 0.15) is 11.6 Å². The van der Waals surface area contributed by atoms with Gasteiger partial charge in [-0.25, -0.2) is 9.18 Å². The average Bonchev–Trinajstić information content (AvgIpc) is 2.86. The molecule has 0 aliphatic carbocycles. The van der Waals surface area contributed by atoms with Crippen LogP contribution in [0.25, 0.3) is 12.2 Å². The summed E-state index contributed by atoms with van der Waals surface area (Å²) in [7, 11) is 0. The van der Waals surface area contributed by atoms with Crippen LogP contribution in [-0.2, 0) is 6.42 Å². The molecule has 0 bridgehead atoms. The largest absolute Gasteiger partial charge is 0.423 e. The highest BCUT2D eigenvalue weighted by atomic mass is 19.1. The third-order valence-electron chi connectivity index (χ3n) is 5.53. The molecule has 4 rings (SSSR count). The Labute approximate surface area is 194 Å². The number of hydrogen-bond acceptors (Lipinski definition) is 2. The summed E-state index contributed by atoms with van der Waals surface area (Å²) in [5, 5.41) is 0. The fourth-order valence-electron chi connectivity index (χ4n) is 3.61. The molecule has 33 heavy (non-hydrogen) atoms. The molecule has 3 heteroatoms. The lowest BCUT2D eigenvalue weighted by molar-refractivity contribution is 0.0734. The highest BCUT2D eigenvalue weighted by molar-refractivity contribution is 5.91. The van der Waals surface area contributed by atoms with Crippen molar-refractivity contribution >= 4 is 18.1 Å². The van der Waals surface area contributed by atoms with Gasteiger partial charge in [0.05, 0.1) is 5.56 Å². The Bertz CT molecular complexity index is 1210. The van der Waals surface area contributed by atoms with Crippen LogP contribution >= 0.6 is 0 Å². The molecule has 0 unspecified atom stereocenters. The molecule has 4 aromatic carbocycles. The molecule has 0 fully saturated rings. The van der Waals surface area contributed by atoms with E-state index in [4.69, 9.17) is 4.74 Å². The number of ether oxygens (including phenoxy) is 1. The Morgan fingerprint density at radius 3 is 1.97 bits per heavy atom. The lowest BCUT2D eigenvalue weighted by atomic mass is 9.93. The maximum absolute atomic E-state index is 13.0. The molecule has 0 amide bonds. The van der Waals surface area contributed by atoms with Crippen LogP contribution in [0.4, 0.5) is 4.39 Å². The van der Waals surface area contributed by atoms with Crippen LogP contribution in [-0.4, -0.2) is 5.97 Å². The number of halogens is 1. The van der Waals surface area contributed by atoms with E-state index in [-0.39, 0.29) is 5.82 Å². The van der Waals surface area contributed by atoms with Gasteiger partial charge in [0.15, 0.2) is 0 Å². The van der Waals surface area contributed by atoms with Crippen molar-refractivity contribution in [1.82, 2.24) is 0 Å². The Kier molecular flexibility index (Phi) is 7.11. The molecular formula is C30H25FO2. The van der Waals surface area contributed by atoms with Crippen molar-refractivity contribution in [2.75, 3.05) is 0 Å². The smallest absolute Gasteiger partial charge is 0.343 e. The summed E-state index contributed by atoms with van der Waals surface area (Å²) >= 11 is 0. The Morgan fingerprint density at radius 1 is 0.788 bits per heavy atom. The highest BCUT2D eigenvalue weighted by Gasteiger charge is 2.08. The Hall–Kier alpha value is -3.98. The zero-order valence-corrected chi connectivity index (χ0v) is 18.4. The van der Waals surface area contributed by atoms with Crippen molar-refractivity contribution in [3.63, 3.8) is 0 Å². The third-order valence-corrected chi connectivity index (χ3v) is 5.53. The summed E-state index contributed by atoms with van der Waals surface area (Å²) in [6.45, 7) is 2.25. The molecule has 1 atom stereocenters. The normalized spacial score (nSPS) is 11.9. The fourth-order valence-corrected chi connectivity index (χ4v) is 3.61. The van der Waals surface area contributed by atoms with Gasteiger partial charge in [-0.05, 0) is 71.0 Å². The van der Waals surface area contributed by atoms with Crippen molar-refractivity contribution in [3.05, 3.63) is 137 Å². The topological polar surface area (TPSA) is 26.3 Å². The molecule has 4 aromatic rings. The minimum absolute atomic E-state index is 0.312. The summed E-state index contributed by atoms with van der Waals surface area (Å²) in [6.07, 6.45) is 5.07. The van der Waals surface area contributed by atoms with E-state index in [2.05, 4.69) is 61.5 Å². The molecule has 2 nitrogen and oxygen atoms in total. The molecule has 0 radical (unpaired) electrons. The molecule has 0 saturated carbocycles. The first-order chi connectivity index (χ1) is 16.1. The molecule has 0 saturated heterocycles. The van der Waals surface area contributed by atoms with E-state index in [0.29, 0.717) is 17.2 Å². The van der Waals surface area contributed by atoms with E-state index in [1.165, 1.54) is 35.4 Å². The van der Waals surface area contributed by atoms with Crippen molar-refractivity contribution in [2.45, 2.75) is 19.3 Å². The van der Waals surface area contributed by atoms with Crippen LogP contribution in [0.5, 0.6) is 5.75 Å². The Balaban J connectivity index is 1.34. The first-order valence-electron chi connectivity index (χ1n) is 11.0. The van der Waals surface area contributed by atoms with Gasteiger partial charge in [-0.2, -0.15) is 0 Å². The molecule has 0 aromatic heterocycles. The van der Waals surface area contributed by atoms with Gasteiger partial charge in [-0.1, -0.05) is 85.8 Å². The minimum atomic E-state index is -0.475. The maximum Gasteiger partial charge on any atom is 0.343 e. The quantitative estimate of drug-likeness (QED) is 0.170. The van der Waals surface area contributed by atoms with Gasteiger partial charge in [0.25, 0.3) is 0 Å². The van der Waals surface area contributed by atoms with Gasteiger partial charge in [0, 0.05) is 0 Å². The molecule has 0 aliphatic rings. The maximum atomic E-state index is 13.0. The van der Waals surface area contributed by atoms with Crippen molar-refractivity contribution < 1.29 is 13.9 Å². The second-order valence-corrected chi connectivity index (χ2v) is 8.06. The molecule has 0 spiro atoms. The van der Waals surface area contributed by atoms with Gasteiger partial charge in [-0.15, -0.1) is 0 Å². The van der Waals surface area contributed by atoms with E-state index in [0.717, 1.165) is 17.5 Å². The Morgan fingerprint density at radius 2 is 1.36 bits per heavy atom.